The van der Waals surface area contributed by atoms with Crippen molar-refractivity contribution in [3.05, 3.63) is 119 Å². The highest BCUT2D eigenvalue weighted by Crippen LogP contribution is 2.48. The first-order chi connectivity index (χ1) is 14.2. The molecule has 2 aliphatic rings. The Hall–Kier alpha value is -2.90. The van der Waals surface area contributed by atoms with Crippen molar-refractivity contribution in [3.8, 4) is 11.1 Å². The van der Waals surface area contributed by atoms with Crippen LogP contribution in [0, 0.1) is 0 Å². The molecule has 2 aliphatic carbocycles. The summed E-state index contributed by atoms with van der Waals surface area (Å²) in [6.45, 7) is 4.52. The summed E-state index contributed by atoms with van der Waals surface area (Å²) in [6, 6.07) is 33.5. The van der Waals surface area contributed by atoms with Crippen LogP contribution in [0.25, 0.3) is 21.2 Å². The van der Waals surface area contributed by atoms with E-state index in [1.54, 1.807) is 0 Å². The van der Waals surface area contributed by atoms with Gasteiger partial charge in [0.05, 0.1) is 0 Å². The van der Waals surface area contributed by atoms with Gasteiger partial charge in [-0.2, -0.15) is 0 Å². The molecule has 0 nitrogen and oxygen atoms in total. The molecule has 0 saturated heterocycles. The average Bonchev–Trinajstić information content (AvgIpc) is 3.25. The molecule has 0 aliphatic heterocycles. The van der Waals surface area contributed by atoms with Crippen LogP contribution in [-0.2, 0) is 0 Å². The minimum atomic E-state index is 0.219. The maximum Gasteiger partial charge on any atom is 0.0424 e. The van der Waals surface area contributed by atoms with E-state index in [9.17, 15) is 0 Å². The van der Waals surface area contributed by atoms with Crippen LogP contribution in [0.2, 0.25) is 0 Å². The van der Waals surface area contributed by atoms with Crippen molar-refractivity contribution < 1.29 is 0 Å². The van der Waals surface area contributed by atoms with Crippen LogP contribution < -0.4 is 0 Å². The number of hydrogen-bond acceptors (Lipinski definition) is 1. The van der Waals surface area contributed by atoms with Crippen molar-refractivity contribution in [1.82, 2.24) is 0 Å². The summed E-state index contributed by atoms with van der Waals surface area (Å²) in [4.78, 5) is 0. The van der Waals surface area contributed by atoms with Crippen LogP contribution in [0.1, 0.15) is 47.9 Å². The molecule has 0 fully saturated rings. The number of rotatable bonds is 4. The molecule has 0 saturated carbocycles. The fourth-order valence-electron chi connectivity index (χ4n) is 4.41. The molecule has 2 aromatic carbocycles. The molecule has 1 heteroatoms. The second-order valence-corrected chi connectivity index (χ2v) is 8.90. The average molecular weight is 393 g/mol. The maximum atomic E-state index is 2.35. The Balaban J connectivity index is 1.84. The molecule has 29 heavy (non-hydrogen) atoms. The first kappa shape index (κ1) is 18.1. The second kappa shape index (κ2) is 7.50. The van der Waals surface area contributed by atoms with Crippen LogP contribution in [0.15, 0.2) is 96.4 Å². The number of benzene rings is 2. The molecule has 5 rings (SSSR count). The van der Waals surface area contributed by atoms with E-state index in [0.717, 1.165) is 0 Å². The summed E-state index contributed by atoms with van der Waals surface area (Å²) in [6.07, 6.45) is 0. The van der Waals surface area contributed by atoms with Crippen molar-refractivity contribution in [2.75, 3.05) is 0 Å². The van der Waals surface area contributed by atoms with Crippen molar-refractivity contribution in [3.63, 3.8) is 0 Å². The van der Waals surface area contributed by atoms with Crippen LogP contribution in [0.4, 0.5) is 0 Å². The highest BCUT2D eigenvalue weighted by atomic mass is 32.1. The first-order valence-electron chi connectivity index (χ1n) is 10.3. The van der Waals surface area contributed by atoms with Gasteiger partial charge in [-0.05, 0) is 56.1 Å². The SMILES string of the molecule is CC(C)c1ccc2c(C(c3ccccc3)c3ccccc3)c3ccsc3c-2cc1. The zero-order chi connectivity index (χ0) is 19.8. The van der Waals surface area contributed by atoms with Crippen molar-refractivity contribution in [1.29, 1.82) is 0 Å². The van der Waals surface area contributed by atoms with E-state index in [-0.39, 0.29) is 5.92 Å². The van der Waals surface area contributed by atoms with E-state index in [2.05, 4.69) is 110 Å². The third-order valence-electron chi connectivity index (χ3n) is 5.89. The summed E-state index contributed by atoms with van der Waals surface area (Å²) < 4.78 is 1.40. The standard InChI is InChI=1S/C28H24S/c1-19(2)20-13-15-23-24(16-14-20)28-25(17-18-29-28)27(23)26(21-9-5-3-6-10-21)22-11-7-4-8-12-22/h3-19,26H,1-2H3. The minimum absolute atomic E-state index is 0.219. The van der Waals surface area contributed by atoms with E-state index >= 15 is 0 Å². The van der Waals surface area contributed by atoms with Gasteiger partial charge in [0, 0.05) is 10.6 Å². The van der Waals surface area contributed by atoms with Gasteiger partial charge in [0.1, 0.15) is 0 Å². The third-order valence-corrected chi connectivity index (χ3v) is 6.83. The Kier molecular flexibility index (Phi) is 4.69. The summed E-state index contributed by atoms with van der Waals surface area (Å²) in [5, 5.41) is 3.62. The molecule has 1 heterocycles. The third kappa shape index (κ3) is 3.16. The lowest BCUT2D eigenvalue weighted by Gasteiger charge is -2.20. The Morgan fingerprint density at radius 2 is 1.17 bits per heavy atom. The van der Waals surface area contributed by atoms with E-state index in [1.165, 1.54) is 43.5 Å². The zero-order valence-electron chi connectivity index (χ0n) is 16.8. The van der Waals surface area contributed by atoms with Gasteiger partial charge >= 0.3 is 0 Å². The molecule has 0 spiro atoms. The number of thiophene rings is 1. The van der Waals surface area contributed by atoms with Gasteiger partial charge in [0.2, 0.25) is 0 Å². The van der Waals surface area contributed by atoms with Gasteiger partial charge in [0.25, 0.3) is 0 Å². The smallest absolute Gasteiger partial charge is 0.0424 e. The maximum absolute atomic E-state index is 2.35. The minimum Gasteiger partial charge on any atom is -0.143 e. The van der Waals surface area contributed by atoms with Crippen LogP contribution in [0.3, 0.4) is 0 Å². The molecule has 142 valence electrons. The van der Waals surface area contributed by atoms with E-state index in [4.69, 9.17) is 0 Å². The van der Waals surface area contributed by atoms with Gasteiger partial charge < -0.3 is 0 Å². The van der Waals surface area contributed by atoms with Gasteiger partial charge in [-0.15, -0.1) is 11.3 Å². The molecule has 0 N–H and O–H groups in total. The van der Waals surface area contributed by atoms with Crippen LogP contribution in [0.5, 0.6) is 0 Å². The molecule has 0 unspecified atom stereocenters. The zero-order valence-corrected chi connectivity index (χ0v) is 17.6. The van der Waals surface area contributed by atoms with E-state index in [0.29, 0.717) is 5.92 Å². The highest BCUT2D eigenvalue weighted by molar-refractivity contribution is 7.18. The lowest BCUT2D eigenvalue weighted by Crippen LogP contribution is -2.03. The molecule has 1 aromatic heterocycles. The molecule has 0 atom stereocenters. The Bertz CT molecular complexity index is 1180. The van der Waals surface area contributed by atoms with Gasteiger partial charge in [-0.25, -0.2) is 0 Å². The molecule has 0 amide bonds. The summed E-state index contributed by atoms with van der Waals surface area (Å²) >= 11 is 1.86. The number of hydrogen-bond donors (Lipinski definition) is 0. The number of fused-ring (bicyclic) bond motifs is 3. The van der Waals surface area contributed by atoms with Gasteiger partial charge in [-0.3, -0.25) is 0 Å². The summed E-state index contributed by atoms with van der Waals surface area (Å²) in [5.74, 6) is 0.740. The molecular weight excluding hydrogens is 368 g/mol. The summed E-state index contributed by atoms with van der Waals surface area (Å²) in [5.41, 5.74) is 8.24. The van der Waals surface area contributed by atoms with Crippen molar-refractivity contribution >= 4 is 21.4 Å². The van der Waals surface area contributed by atoms with E-state index < -0.39 is 0 Å². The van der Waals surface area contributed by atoms with Crippen molar-refractivity contribution in [2.24, 2.45) is 0 Å². The predicted molar refractivity (Wildman–Crippen MR) is 126 cm³/mol. The molecular formula is C28H24S. The predicted octanol–water partition coefficient (Wildman–Crippen LogP) is 8.31. The van der Waals surface area contributed by atoms with Crippen LogP contribution in [-0.4, -0.2) is 0 Å². The normalized spacial score (nSPS) is 11.7. The lowest BCUT2D eigenvalue weighted by atomic mass is 9.83. The fraction of sp³-hybridized carbons (Fsp3) is 0.143. The van der Waals surface area contributed by atoms with Gasteiger partial charge in [0.15, 0.2) is 0 Å². The topological polar surface area (TPSA) is 0 Å². The Morgan fingerprint density at radius 1 is 0.586 bits per heavy atom. The van der Waals surface area contributed by atoms with E-state index in [1.807, 2.05) is 11.3 Å². The Morgan fingerprint density at radius 3 is 1.76 bits per heavy atom. The van der Waals surface area contributed by atoms with Gasteiger partial charge in [-0.1, -0.05) is 98.8 Å². The highest BCUT2D eigenvalue weighted by Gasteiger charge is 2.26. The molecule has 0 radical (unpaired) electrons. The fourth-order valence-corrected chi connectivity index (χ4v) is 5.36. The lowest BCUT2D eigenvalue weighted by molar-refractivity contribution is 0.868. The Labute approximate surface area is 176 Å². The summed E-state index contributed by atoms with van der Waals surface area (Å²) in [7, 11) is 0. The quantitative estimate of drug-likeness (QED) is 0.288. The monoisotopic (exact) mass is 392 g/mol. The first-order valence-corrected chi connectivity index (χ1v) is 11.1. The molecule has 3 aromatic rings. The second-order valence-electron chi connectivity index (χ2n) is 7.98. The van der Waals surface area contributed by atoms with Crippen LogP contribution >= 0.6 is 11.3 Å². The molecule has 0 bridgehead atoms. The largest absolute Gasteiger partial charge is 0.143 e. The van der Waals surface area contributed by atoms with Crippen molar-refractivity contribution in [2.45, 2.75) is 25.7 Å².